The van der Waals surface area contributed by atoms with Crippen LogP contribution in [0.25, 0.3) is 49.4 Å². The predicted molar refractivity (Wildman–Crippen MR) is 167 cm³/mol. The van der Waals surface area contributed by atoms with Gasteiger partial charge in [0, 0.05) is 50.4 Å². The van der Waals surface area contributed by atoms with Crippen molar-refractivity contribution < 1.29 is 4.42 Å². The molecule has 6 aromatic carbocycles. The molecule has 2 aliphatic heterocycles. The van der Waals surface area contributed by atoms with E-state index in [2.05, 4.69) is 131 Å². The molecule has 3 nitrogen and oxygen atoms in total. The largest absolute Gasteiger partial charge is 0.456 e. The second-order valence-electron chi connectivity index (χ2n) is 10.9. The molecule has 0 aliphatic carbocycles. The monoisotopic (exact) mass is 508 g/mol. The van der Waals surface area contributed by atoms with Gasteiger partial charge in [-0.1, -0.05) is 78.9 Å². The molecule has 0 unspecified atom stereocenters. The highest BCUT2D eigenvalue weighted by molar-refractivity contribution is 7.00. The molecule has 0 saturated carbocycles. The average molecular weight is 508 g/mol. The lowest BCUT2D eigenvalue weighted by Gasteiger charge is -2.39. The highest BCUT2D eigenvalue weighted by atomic mass is 16.3. The van der Waals surface area contributed by atoms with Gasteiger partial charge in [-0.2, -0.15) is 0 Å². The summed E-state index contributed by atoms with van der Waals surface area (Å²) in [5.41, 5.74) is 13.3. The maximum Gasteiger partial charge on any atom is 0.252 e. The molecule has 0 radical (unpaired) electrons. The van der Waals surface area contributed by atoms with E-state index < -0.39 is 0 Å². The molecule has 0 atom stereocenters. The Bertz CT molecular complexity index is 2350. The van der Waals surface area contributed by atoms with Gasteiger partial charge in [0.15, 0.2) is 0 Å². The number of fused-ring (bicyclic) bond motifs is 11. The SMILES string of the molecule is c1ccc(N2c3ccccc3B3c4ccccc4-n4c5cc6oc7ccccc7c6cc5c5ccc2c3c54)cc1. The molecule has 4 heterocycles. The third-order valence-corrected chi connectivity index (χ3v) is 8.97. The molecule has 2 aromatic heterocycles. The summed E-state index contributed by atoms with van der Waals surface area (Å²) in [4.78, 5) is 2.44. The number of nitrogens with zero attached hydrogens (tertiary/aromatic N) is 2. The van der Waals surface area contributed by atoms with Crippen LogP contribution in [-0.2, 0) is 0 Å². The Morgan fingerprint density at radius 3 is 2.10 bits per heavy atom. The van der Waals surface area contributed by atoms with Crippen LogP contribution in [0.15, 0.2) is 132 Å². The van der Waals surface area contributed by atoms with Crippen LogP contribution in [0.2, 0.25) is 0 Å². The molecule has 0 spiro atoms. The molecule has 4 heteroatoms. The summed E-state index contributed by atoms with van der Waals surface area (Å²) in [5.74, 6) is 0. The molecule has 0 saturated heterocycles. The van der Waals surface area contributed by atoms with E-state index in [1.807, 2.05) is 6.07 Å². The molecule has 0 fully saturated rings. The van der Waals surface area contributed by atoms with E-state index in [9.17, 15) is 0 Å². The number of hydrogen-bond donors (Lipinski definition) is 0. The van der Waals surface area contributed by atoms with Crippen molar-refractivity contribution in [3.63, 3.8) is 0 Å². The number of hydrogen-bond acceptors (Lipinski definition) is 2. The summed E-state index contributed by atoms with van der Waals surface area (Å²) in [5, 5.41) is 4.88. The van der Waals surface area contributed by atoms with Crippen molar-refractivity contribution in [1.29, 1.82) is 0 Å². The second kappa shape index (κ2) is 7.25. The molecule has 2 aliphatic rings. The lowest BCUT2D eigenvalue weighted by molar-refractivity contribution is 0.669. The van der Waals surface area contributed by atoms with Gasteiger partial charge in [-0.25, -0.2) is 0 Å². The lowest BCUT2D eigenvalue weighted by Crippen LogP contribution is -2.60. The number of benzene rings is 6. The number of rotatable bonds is 1. The quantitative estimate of drug-likeness (QED) is 0.217. The van der Waals surface area contributed by atoms with Crippen LogP contribution in [0.4, 0.5) is 17.1 Å². The highest BCUT2D eigenvalue weighted by Gasteiger charge is 2.41. The Morgan fingerprint density at radius 2 is 1.23 bits per heavy atom. The van der Waals surface area contributed by atoms with E-state index in [1.54, 1.807) is 0 Å². The van der Waals surface area contributed by atoms with Gasteiger partial charge in [0.2, 0.25) is 0 Å². The number of para-hydroxylation sites is 4. The van der Waals surface area contributed by atoms with Crippen LogP contribution in [0.5, 0.6) is 0 Å². The first-order valence-corrected chi connectivity index (χ1v) is 13.8. The molecule has 40 heavy (non-hydrogen) atoms. The predicted octanol–water partition coefficient (Wildman–Crippen LogP) is 7.30. The van der Waals surface area contributed by atoms with Crippen LogP contribution in [0.1, 0.15) is 0 Å². The van der Waals surface area contributed by atoms with Crippen molar-refractivity contribution in [1.82, 2.24) is 4.57 Å². The first-order chi connectivity index (χ1) is 19.9. The molecular formula is C36H21BN2O. The maximum absolute atomic E-state index is 6.37. The van der Waals surface area contributed by atoms with Gasteiger partial charge < -0.3 is 13.9 Å². The van der Waals surface area contributed by atoms with Crippen molar-refractivity contribution in [3.8, 4) is 5.69 Å². The van der Waals surface area contributed by atoms with Crippen molar-refractivity contribution in [2.24, 2.45) is 0 Å². The molecule has 184 valence electrons. The highest BCUT2D eigenvalue weighted by Crippen LogP contribution is 2.43. The molecule has 0 bridgehead atoms. The average Bonchev–Trinajstić information content (AvgIpc) is 3.54. The van der Waals surface area contributed by atoms with Crippen LogP contribution >= 0.6 is 0 Å². The summed E-state index contributed by atoms with van der Waals surface area (Å²) in [6, 6.07) is 46.2. The topological polar surface area (TPSA) is 21.3 Å². The zero-order chi connectivity index (χ0) is 25.9. The first kappa shape index (κ1) is 20.7. The van der Waals surface area contributed by atoms with Gasteiger partial charge in [0.1, 0.15) is 11.2 Å². The van der Waals surface area contributed by atoms with Gasteiger partial charge in [0.05, 0.1) is 11.0 Å². The van der Waals surface area contributed by atoms with Crippen molar-refractivity contribution in [2.45, 2.75) is 0 Å². The van der Waals surface area contributed by atoms with E-state index in [4.69, 9.17) is 4.42 Å². The van der Waals surface area contributed by atoms with E-state index >= 15 is 0 Å². The summed E-state index contributed by atoms with van der Waals surface area (Å²) >= 11 is 0. The van der Waals surface area contributed by atoms with Gasteiger partial charge in [-0.15, -0.1) is 0 Å². The van der Waals surface area contributed by atoms with Crippen LogP contribution in [0, 0.1) is 0 Å². The molecule has 8 aromatic rings. The third kappa shape index (κ3) is 2.43. The van der Waals surface area contributed by atoms with Gasteiger partial charge in [-0.05, 0) is 58.9 Å². The minimum Gasteiger partial charge on any atom is -0.456 e. The Hall–Kier alpha value is -5.22. The van der Waals surface area contributed by atoms with Crippen LogP contribution in [0.3, 0.4) is 0 Å². The number of aromatic nitrogens is 1. The molecule has 0 N–H and O–H groups in total. The zero-order valence-electron chi connectivity index (χ0n) is 21.5. The number of anilines is 3. The number of furan rings is 1. The lowest BCUT2D eigenvalue weighted by atomic mass is 9.34. The third-order valence-electron chi connectivity index (χ3n) is 8.97. The Kier molecular flexibility index (Phi) is 3.75. The Balaban J connectivity index is 1.41. The van der Waals surface area contributed by atoms with Crippen LogP contribution in [-0.4, -0.2) is 11.3 Å². The Labute approximate surface area is 230 Å². The van der Waals surface area contributed by atoms with E-state index in [1.165, 1.54) is 66.3 Å². The zero-order valence-corrected chi connectivity index (χ0v) is 21.5. The standard InChI is InChI=1S/C36H21BN2O/c1-2-10-22(11-3-1)38-29-15-7-5-13-27(29)37-28-14-6-8-16-30(28)39-32-21-34-26(23-12-4-9-17-33(23)40-34)20-25(32)24-18-19-31(38)35(37)36(24)39/h1-21H. The van der Waals surface area contributed by atoms with Gasteiger partial charge in [0.25, 0.3) is 6.71 Å². The fourth-order valence-corrected chi connectivity index (χ4v) is 7.40. The fraction of sp³-hybridized carbons (Fsp3) is 0. The summed E-state index contributed by atoms with van der Waals surface area (Å²) in [6.45, 7) is 0.159. The van der Waals surface area contributed by atoms with Gasteiger partial charge in [-0.3, -0.25) is 0 Å². The van der Waals surface area contributed by atoms with Gasteiger partial charge >= 0.3 is 0 Å². The van der Waals surface area contributed by atoms with Crippen molar-refractivity contribution in [2.75, 3.05) is 4.90 Å². The van der Waals surface area contributed by atoms with E-state index in [-0.39, 0.29) is 6.71 Å². The van der Waals surface area contributed by atoms with Crippen LogP contribution < -0.4 is 21.3 Å². The summed E-state index contributed by atoms with van der Waals surface area (Å²) in [6.07, 6.45) is 0. The van der Waals surface area contributed by atoms with E-state index in [0.29, 0.717) is 0 Å². The Morgan fingerprint density at radius 1 is 0.500 bits per heavy atom. The summed E-state index contributed by atoms with van der Waals surface area (Å²) in [7, 11) is 0. The smallest absolute Gasteiger partial charge is 0.252 e. The van der Waals surface area contributed by atoms with Crippen molar-refractivity contribution in [3.05, 3.63) is 127 Å². The van der Waals surface area contributed by atoms with E-state index in [0.717, 1.165) is 16.6 Å². The second-order valence-corrected chi connectivity index (χ2v) is 10.9. The minimum absolute atomic E-state index is 0.159. The first-order valence-electron chi connectivity index (χ1n) is 13.8. The normalized spacial score (nSPS) is 13.4. The minimum atomic E-state index is 0.159. The summed E-state index contributed by atoms with van der Waals surface area (Å²) < 4.78 is 8.85. The molecular weight excluding hydrogens is 487 g/mol. The fourth-order valence-electron chi connectivity index (χ4n) is 7.40. The van der Waals surface area contributed by atoms with Crippen molar-refractivity contribution >= 4 is 83.9 Å². The molecule has 0 amide bonds. The molecule has 10 rings (SSSR count). The maximum atomic E-state index is 6.37.